The van der Waals surface area contributed by atoms with E-state index in [2.05, 4.69) is 35.8 Å². The molecule has 0 bridgehead atoms. The molecule has 0 saturated heterocycles. The number of nitrogens with one attached hydrogen (secondary N) is 2. The first kappa shape index (κ1) is 18.2. The molecule has 2 N–H and O–H groups in total. The average molecular weight is 399 g/mol. The zero-order valence-electron chi connectivity index (χ0n) is 16.3. The molecule has 0 aliphatic heterocycles. The van der Waals surface area contributed by atoms with Crippen LogP contribution < -0.4 is 10.6 Å². The lowest BCUT2D eigenvalue weighted by Gasteiger charge is -2.11. The van der Waals surface area contributed by atoms with Crippen molar-refractivity contribution in [2.75, 3.05) is 17.2 Å². The molecule has 3 heterocycles. The maximum Gasteiger partial charge on any atom is 0.253 e. The van der Waals surface area contributed by atoms with Crippen LogP contribution in [0.3, 0.4) is 0 Å². The van der Waals surface area contributed by atoms with Crippen molar-refractivity contribution >= 4 is 17.5 Å². The third kappa shape index (κ3) is 4.27. The normalized spacial score (nSPS) is 13.2. The SMILES string of the molecule is c1ccc(Nc2nc(NCCc3ccncc3)ncc2-c2nnc(C3CC3)o2)cc1. The van der Waals surface area contributed by atoms with E-state index in [1.807, 2.05) is 42.5 Å². The summed E-state index contributed by atoms with van der Waals surface area (Å²) in [5, 5.41) is 15.0. The van der Waals surface area contributed by atoms with Gasteiger partial charge in [-0.05, 0) is 49.1 Å². The van der Waals surface area contributed by atoms with Gasteiger partial charge in [-0.1, -0.05) is 18.2 Å². The molecule has 0 atom stereocenters. The summed E-state index contributed by atoms with van der Waals surface area (Å²) in [5.74, 6) is 2.67. The van der Waals surface area contributed by atoms with E-state index in [4.69, 9.17) is 4.42 Å². The average Bonchev–Trinajstić information content (AvgIpc) is 3.53. The Labute approximate surface area is 173 Å². The fourth-order valence-corrected chi connectivity index (χ4v) is 3.08. The highest BCUT2D eigenvalue weighted by Gasteiger charge is 2.30. The van der Waals surface area contributed by atoms with Gasteiger partial charge in [-0.2, -0.15) is 4.98 Å². The van der Waals surface area contributed by atoms with Crippen molar-refractivity contribution in [3.63, 3.8) is 0 Å². The summed E-state index contributed by atoms with van der Waals surface area (Å²) in [6.07, 6.45) is 8.37. The van der Waals surface area contributed by atoms with Crippen LogP contribution in [0.5, 0.6) is 0 Å². The molecule has 1 aromatic carbocycles. The number of benzene rings is 1. The van der Waals surface area contributed by atoms with Gasteiger partial charge in [-0.15, -0.1) is 10.2 Å². The lowest BCUT2D eigenvalue weighted by Crippen LogP contribution is -2.09. The number of rotatable bonds is 8. The highest BCUT2D eigenvalue weighted by molar-refractivity contribution is 5.73. The van der Waals surface area contributed by atoms with E-state index in [0.717, 1.165) is 24.9 Å². The van der Waals surface area contributed by atoms with Crippen LogP contribution in [0.2, 0.25) is 0 Å². The Kier molecular flexibility index (Phi) is 5.03. The molecular weight excluding hydrogens is 378 g/mol. The molecule has 8 heteroatoms. The van der Waals surface area contributed by atoms with E-state index >= 15 is 0 Å². The monoisotopic (exact) mass is 399 g/mol. The third-order valence-corrected chi connectivity index (χ3v) is 4.87. The van der Waals surface area contributed by atoms with Crippen molar-refractivity contribution < 1.29 is 4.42 Å². The van der Waals surface area contributed by atoms with E-state index < -0.39 is 0 Å². The van der Waals surface area contributed by atoms with Gasteiger partial charge < -0.3 is 15.1 Å². The molecule has 1 aliphatic carbocycles. The van der Waals surface area contributed by atoms with Crippen molar-refractivity contribution in [2.24, 2.45) is 0 Å². The zero-order chi connectivity index (χ0) is 20.2. The molecule has 3 aromatic heterocycles. The van der Waals surface area contributed by atoms with Crippen LogP contribution >= 0.6 is 0 Å². The summed E-state index contributed by atoms with van der Waals surface area (Å²) in [7, 11) is 0. The molecule has 8 nitrogen and oxygen atoms in total. The predicted molar refractivity (Wildman–Crippen MR) is 113 cm³/mol. The second kappa shape index (κ2) is 8.28. The van der Waals surface area contributed by atoms with E-state index in [1.165, 1.54) is 5.56 Å². The van der Waals surface area contributed by atoms with Gasteiger partial charge in [-0.3, -0.25) is 4.98 Å². The topological polar surface area (TPSA) is 102 Å². The molecule has 150 valence electrons. The number of aromatic nitrogens is 5. The van der Waals surface area contributed by atoms with Crippen LogP contribution in [0.1, 0.15) is 30.2 Å². The van der Waals surface area contributed by atoms with Crippen LogP contribution in [0.4, 0.5) is 17.5 Å². The smallest absolute Gasteiger partial charge is 0.253 e. The van der Waals surface area contributed by atoms with Crippen molar-refractivity contribution in [3.8, 4) is 11.5 Å². The van der Waals surface area contributed by atoms with Gasteiger partial charge in [0.05, 0.1) is 0 Å². The fourth-order valence-electron chi connectivity index (χ4n) is 3.08. The number of hydrogen-bond acceptors (Lipinski definition) is 8. The maximum atomic E-state index is 5.88. The van der Waals surface area contributed by atoms with Crippen molar-refractivity contribution in [3.05, 3.63) is 72.5 Å². The van der Waals surface area contributed by atoms with Crippen LogP contribution in [-0.2, 0) is 6.42 Å². The molecule has 1 fully saturated rings. The lowest BCUT2D eigenvalue weighted by atomic mass is 10.2. The van der Waals surface area contributed by atoms with Gasteiger partial charge in [-0.25, -0.2) is 4.98 Å². The van der Waals surface area contributed by atoms with E-state index in [1.54, 1.807) is 18.6 Å². The number of para-hydroxylation sites is 1. The van der Waals surface area contributed by atoms with Crippen LogP contribution in [0, 0.1) is 0 Å². The molecule has 0 spiro atoms. The molecule has 1 saturated carbocycles. The second-order valence-electron chi connectivity index (χ2n) is 7.20. The quantitative estimate of drug-likeness (QED) is 0.455. The van der Waals surface area contributed by atoms with E-state index in [-0.39, 0.29) is 0 Å². The largest absolute Gasteiger partial charge is 0.420 e. The Morgan fingerprint density at radius 2 is 1.83 bits per heavy atom. The first-order valence-corrected chi connectivity index (χ1v) is 10.0. The highest BCUT2D eigenvalue weighted by Crippen LogP contribution is 2.40. The number of hydrogen-bond donors (Lipinski definition) is 2. The number of pyridine rings is 1. The Bertz CT molecular complexity index is 1110. The van der Waals surface area contributed by atoms with E-state index in [9.17, 15) is 0 Å². The predicted octanol–water partition coefficient (Wildman–Crippen LogP) is 4.20. The van der Waals surface area contributed by atoms with Gasteiger partial charge in [0.25, 0.3) is 5.89 Å². The minimum Gasteiger partial charge on any atom is -0.420 e. The Morgan fingerprint density at radius 1 is 1.00 bits per heavy atom. The van der Waals surface area contributed by atoms with Crippen LogP contribution in [-0.4, -0.2) is 31.7 Å². The maximum absolute atomic E-state index is 5.88. The van der Waals surface area contributed by atoms with Crippen molar-refractivity contribution in [1.82, 2.24) is 25.1 Å². The van der Waals surface area contributed by atoms with Gasteiger partial charge in [0.1, 0.15) is 11.4 Å². The standard InChI is InChI=1S/C22H21N7O/c1-2-4-17(5-3-1)26-19-18(21-29-28-20(30-21)16-6-7-16)14-25-22(27-19)24-13-10-15-8-11-23-12-9-15/h1-5,8-9,11-12,14,16H,6-7,10,13H2,(H2,24,25,26,27). The minimum absolute atomic E-state index is 0.395. The lowest BCUT2D eigenvalue weighted by molar-refractivity contribution is 0.508. The Balaban J connectivity index is 1.38. The molecule has 0 unspecified atom stereocenters. The number of nitrogens with zero attached hydrogens (tertiary/aromatic N) is 5. The Morgan fingerprint density at radius 3 is 2.63 bits per heavy atom. The third-order valence-electron chi connectivity index (χ3n) is 4.87. The molecule has 5 rings (SSSR count). The highest BCUT2D eigenvalue weighted by atomic mass is 16.4. The van der Waals surface area contributed by atoms with E-state index in [0.29, 0.717) is 41.6 Å². The van der Waals surface area contributed by atoms with Gasteiger partial charge in [0.2, 0.25) is 11.8 Å². The first-order chi connectivity index (χ1) is 14.8. The second-order valence-corrected chi connectivity index (χ2v) is 7.20. The first-order valence-electron chi connectivity index (χ1n) is 10.0. The molecule has 4 aromatic rings. The molecule has 0 amide bonds. The minimum atomic E-state index is 0.395. The van der Waals surface area contributed by atoms with Gasteiger partial charge >= 0.3 is 0 Å². The van der Waals surface area contributed by atoms with Gasteiger partial charge in [0.15, 0.2) is 0 Å². The molecule has 0 radical (unpaired) electrons. The fraction of sp³-hybridized carbons (Fsp3) is 0.227. The van der Waals surface area contributed by atoms with Crippen molar-refractivity contribution in [2.45, 2.75) is 25.2 Å². The summed E-state index contributed by atoms with van der Waals surface area (Å²) < 4.78 is 5.88. The molecular formula is C22H21N7O. The summed E-state index contributed by atoms with van der Waals surface area (Å²) >= 11 is 0. The number of anilines is 3. The van der Waals surface area contributed by atoms with Crippen LogP contribution in [0.15, 0.2) is 65.5 Å². The van der Waals surface area contributed by atoms with Crippen LogP contribution in [0.25, 0.3) is 11.5 Å². The van der Waals surface area contributed by atoms with Crippen molar-refractivity contribution in [1.29, 1.82) is 0 Å². The molecule has 1 aliphatic rings. The zero-order valence-corrected chi connectivity index (χ0v) is 16.3. The summed E-state index contributed by atoms with van der Waals surface area (Å²) in [4.78, 5) is 13.2. The molecule has 30 heavy (non-hydrogen) atoms. The Hall–Kier alpha value is -3.81. The summed E-state index contributed by atoms with van der Waals surface area (Å²) in [5.41, 5.74) is 2.80. The summed E-state index contributed by atoms with van der Waals surface area (Å²) in [6.45, 7) is 0.709. The summed E-state index contributed by atoms with van der Waals surface area (Å²) in [6, 6.07) is 13.9. The van der Waals surface area contributed by atoms with Gasteiger partial charge in [0, 0.05) is 36.7 Å².